The summed E-state index contributed by atoms with van der Waals surface area (Å²) in [5.41, 5.74) is 2.86. The van der Waals surface area contributed by atoms with Crippen LogP contribution in [0.15, 0.2) is 23.8 Å². The van der Waals surface area contributed by atoms with Gasteiger partial charge < -0.3 is 5.32 Å². The van der Waals surface area contributed by atoms with Crippen LogP contribution in [0.5, 0.6) is 0 Å². The van der Waals surface area contributed by atoms with Crippen LogP contribution in [0, 0.1) is 6.92 Å². The predicted octanol–water partition coefficient (Wildman–Crippen LogP) is 2.86. The van der Waals surface area contributed by atoms with Crippen molar-refractivity contribution in [2.24, 2.45) is 7.05 Å². The van der Waals surface area contributed by atoms with Crippen molar-refractivity contribution in [1.29, 1.82) is 0 Å². The quantitative estimate of drug-likeness (QED) is 0.613. The Morgan fingerprint density at radius 2 is 2.04 bits per heavy atom. The largest absolute Gasteiger partial charge is 0.356 e. The van der Waals surface area contributed by atoms with Gasteiger partial charge in [-0.1, -0.05) is 11.3 Å². The highest BCUT2D eigenvalue weighted by atomic mass is 32.1. The van der Waals surface area contributed by atoms with E-state index in [1.807, 2.05) is 19.4 Å². The van der Waals surface area contributed by atoms with Gasteiger partial charge in [-0.25, -0.2) is 24.6 Å². The van der Waals surface area contributed by atoms with Crippen molar-refractivity contribution in [3.63, 3.8) is 0 Å². The van der Waals surface area contributed by atoms with Gasteiger partial charge in [0.05, 0.1) is 22.6 Å². The van der Waals surface area contributed by atoms with E-state index in [-0.39, 0.29) is 0 Å². The predicted molar refractivity (Wildman–Crippen MR) is 91.6 cm³/mol. The lowest BCUT2D eigenvalue weighted by atomic mass is 10.5. The number of aromatic nitrogens is 6. The molecule has 4 aromatic heterocycles. The molecule has 4 rings (SSSR count). The van der Waals surface area contributed by atoms with Crippen molar-refractivity contribution in [3.05, 3.63) is 35.2 Å². The number of aryl methyl sites for hydroxylation is 2. The third-order valence-corrected chi connectivity index (χ3v) is 5.27. The molecule has 0 atom stereocenters. The maximum atomic E-state index is 4.57. The summed E-state index contributed by atoms with van der Waals surface area (Å²) in [5.74, 6) is 0.658. The van der Waals surface area contributed by atoms with Gasteiger partial charge in [-0.05, 0) is 13.0 Å². The number of nitrogens with zero attached hydrogens (tertiary/aromatic N) is 6. The van der Waals surface area contributed by atoms with Crippen LogP contribution in [0.25, 0.3) is 21.2 Å². The summed E-state index contributed by atoms with van der Waals surface area (Å²) in [6, 6.07) is 1.80. The molecule has 116 valence electrons. The number of rotatable bonds is 4. The number of hydrogen-bond donors (Lipinski definition) is 1. The van der Waals surface area contributed by atoms with E-state index in [1.165, 1.54) is 0 Å². The van der Waals surface area contributed by atoms with Gasteiger partial charge in [-0.2, -0.15) is 5.10 Å². The molecule has 0 bridgehead atoms. The van der Waals surface area contributed by atoms with Crippen molar-refractivity contribution in [1.82, 2.24) is 29.7 Å². The van der Waals surface area contributed by atoms with E-state index < -0.39 is 0 Å². The fourth-order valence-electron chi connectivity index (χ4n) is 2.23. The number of fused-ring (bicyclic) bond motifs is 1. The third kappa shape index (κ3) is 2.68. The fourth-order valence-corrected chi connectivity index (χ4v) is 3.92. The maximum absolute atomic E-state index is 4.57. The first-order valence-electron chi connectivity index (χ1n) is 6.96. The molecule has 4 aromatic rings. The van der Waals surface area contributed by atoms with Gasteiger partial charge in [0.15, 0.2) is 21.6 Å². The summed E-state index contributed by atoms with van der Waals surface area (Å²) in [4.78, 5) is 17.6. The molecule has 0 unspecified atom stereocenters. The molecule has 0 saturated carbocycles. The van der Waals surface area contributed by atoms with E-state index in [0.717, 1.165) is 31.9 Å². The molecule has 0 saturated heterocycles. The topological polar surface area (TPSA) is 81.4 Å². The highest BCUT2D eigenvalue weighted by Crippen LogP contribution is 2.28. The molecule has 0 aliphatic carbocycles. The first-order chi connectivity index (χ1) is 11.2. The number of nitrogens with one attached hydrogen (secondary N) is 1. The molecular weight excluding hydrogens is 330 g/mol. The molecule has 0 aromatic carbocycles. The van der Waals surface area contributed by atoms with E-state index in [0.29, 0.717) is 12.4 Å². The molecule has 0 fully saturated rings. The van der Waals surface area contributed by atoms with Crippen LogP contribution in [0.4, 0.5) is 5.13 Å². The van der Waals surface area contributed by atoms with Crippen LogP contribution in [0.1, 0.15) is 11.4 Å². The van der Waals surface area contributed by atoms with E-state index in [9.17, 15) is 0 Å². The van der Waals surface area contributed by atoms with Gasteiger partial charge in [-0.15, -0.1) is 11.3 Å². The van der Waals surface area contributed by atoms with E-state index >= 15 is 0 Å². The average Bonchev–Trinajstić information content (AvgIpc) is 3.25. The van der Waals surface area contributed by atoms with Crippen LogP contribution in [-0.4, -0.2) is 29.7 Å². The zero-order valence-corrected chi connectivity index (χ0v) is 14.1. The normalized spacial score (nSPS) is 11.2. The van der Waals surface area contributed by atoms with Crippen LogP contribution in [-0.2, 0) is 13.6 Å². The van der Waals surface area contributed by atoms with E-state index in [1.54, 1.807) is 45.8 Å². The zero-order chi connectivity index (χ0) is 15.8. The van der Waals surface area contributed by atoms with Crippen molar-refractivity contribution in [2.45, 2.75) is 13.5 Å². The minimum Gasteiger partial charge on any atom is -0.356 e. The Bertz CT molecular complexity index is 920. The number of anilines is 1. The first kappa shape index (κ1) is 14.2. The van der Waals surface area contributed by atoms with Gasteiger partial charge >= 0.3 is 0 Å². The summed E-state index contributed by atoms with van der Waals surface area (Å²) < 4.78 is 2.92. The van der Waals surface area contributed by atoms with Crippen molar-refractivity contribution < 1.29 is 0 Å². The lowest BCUT2D eigenvalue weighted by Crippen LogP contribution is -2.00. The Morgan fingerprint density at radius 1 is 1.22 bits per heavy atom. The van der Waals surface area contributed by atoms with E-state index in [2.05, 4.69) is 30.4 Å². The van der Waals surface area contributed by atoms with Gasteiger partial charge in [-0.3, -0.25) is 0 Å². The highest BCUT2D eigenvalue weighted by Gasteiger charge is 2.12. The van der Waals surface area contributed by atoms with Crippen LogP contribution in [0.2, 0.25) is 0 Å². The Labute approximate surface area is 140 Å². The molecule has 23 heavy (non-hydrogen) atoms. The Balaban J connectivity index is 1.50. The molecule has 0 aliphatic heterocycles. The molecule has 0 aliphatic rings. The minimum atomic E-state index is 0.621. The molecule has 0 radical (unpaired) electrons. The monoisotopic (exact) mass is 343 g/mol. The van der Waals surface area contributed by atoms with E-state index in [4.69, 9.17) is 0 Å². The van der Waals surface area contributed by atoms with Gasteiger partial charge in [0, 0.05) is 24.8 Å². The zero-order valence-electron chi connectivity index (χ0n) is 12.5. The average molecular weight is 343 g/mol. The number of thiazole rings is 2. The van der Waals surface area contributed by atoms with Gasteiger partial charge in [0.1, 0.15) is 0 Å². The Kier molecular flexibility index (Phi) is 3.50. The maximum Gasteiger partial charge on any atom is 0.188 e. The summed E-state index contributed by atoms with van der Waals surface area (Å²) in [6.45, 7) is 2.62. The van der Waals surface area contributed by atoms with Crippen molar-refractivity contribution in [3.8, 4) is 10.8 Å². The lowest BCUT2D eigenvalue weighted by Gasteiger charge is -1.98. The minimum absolute atomic E-state index is 0.621. The summed E-state index contributed by atoms with van der Waals surface area (Å²) in [6.07, 6.45) is 3.44. The third-order valence-electron chi connectivity index (χ3n) is 3.27. The molecule has 0 spiro atoms. The molecular formula is C14H13N7S2. The fraction of sp³-hybridized carbons (Fsp3) is 0.214. The second-order valence-corrected chi connectivity index (χ2v) is 6.81. The van der Waals surface area contributed by atoms with Crippen molar-refractivity contribution >= 4 is 38.2 Å². The summed E-state index contributed by atoms with van der Waals surface area (Å²) in [7, 11) is 1.91. The Hall–Kier alpha value is -2.39. The highest BCUT2D eigenvalue weighted by molar-refractivity contribution is 7.22. The second-order valence-electron chi connectivity index (χ2n) is 4.95. The summed E-state index contributed by atoms with van der Waals surface area (Å²) >= 11 is 3.15. The van der Waals surface area contributed by atoms with Crippen LogP contribution in [0.3, 0.4) is 0 Å². The molecule has 1 N–H and O–H groups in total. The Morgan fingerprint density at radius 3 is 2.83 bits per heavy atom. The van der Waals surface area contributed by atoms with Gasteiger partial charge in [0.25, 0.3) is 0 Å². The summed E-state index contributed by atoms with van der Waals surface area (Å²) in [5, 5.41) is 11.4. The van der Waals surface area contributed by atoms with Crippen LogP contribution >= 0.6 is 22.7 Å². The SMILES string of the molecule is Cc1nn(C)c2nc(NCc3csc(-c4ncccn4)n3)sc12. The number of hydrogen-bond acceptors (Lipinski definition) is 8. The van der Waals surface area contributed by atoms with Crippen molar-refractivity contribution in [2.75, 3.05) is 5.32 Å². The lowest BCUT2D eigenvalue weighted by molar-refractivity contribution is 0.774. The second kappa shape index (κ2) is 5.67. The standard InChI is InChI=1S/C14H13N7S2/c1-8-10-12(21(2)20-8)19-14(23-10)17-6-9-7-22-13(18-9)11-15-4-3-5-16-11/h3-5,7H,6H2,1-2H3,(H,17,19). The molecule has 7 nitrogen and oxygen atoms in total. The molecule has 0 amide bonds. The van der Waals surface area contributed by atoms with Crippen LogP contribution < -0.4 is 5.32 Å². The van der Waals surface area contributed by atoms with Gasteiger partial charge in [0.2, 0.25) is 0 Å². The molecule has 4 heterocycles. The smallest absolute Gasteiger partial charge is 0.188 e. The first-order valence-corrected chi connectivity index (χ1v) is 8.66. The molecule has 9 heteroatoms.